The molecule has 0 atom stereocenters. The maximum absolute atomic E-state index is 11.7. The second-order valence-corrected chi connectivity index (χ2v) is 6.78. The summed E-state index contributed by atoms with van der Waals surface area (Å²) in [5.41, 5.74) is 3.15. The van der Waals surface area contributed by atoms with Crippen molar-refractivity contribution in [1.82, 2.24) is 4.57 Å². The van der Waals surface area contributed by atoms with Gasteiger partial charge in [-0.25, -0.2) is 4.79 Å². The number of aliphatic carboxylic acids is 1. The van der Waals surface area contributed by atoms with Gasteiger partial charge in [0.1, 0.15) is 5.75 Å². The number of hydrogen-bond acceptors (Lipinski definition) is 3. The van der Waals surface area contributed by atoms with E-state index in [1.54, 1.807) is 12.1 Å². The van der Waals surface area contributed by atoms with Crippen molar-refractivity contribution in [2.75, 3.05) is 6.61 Å². The zero-order valence-electron chi connectivity index (χ0n) is 14.8. The molecule has 4 rings (SSSR count). The quantitative estimate of drug-likeness (QED) is 0.479. The predicted octanol–water partition coefficient (Wildman–Crippen LogP) is 4.77. The number of carbonyl (C=O) groups is 2. The second-order valence-electron chi connectivity index (χ2n) is 6.37. The minimum atomic E-state index is -1.06. The van der Waals surface area contributed by atoms with E-state index in [1.165, 1.54) is 0 Å². The lowest BCUT2D eigenvalue weighted by Crippen LogP contribution is -2.09. The Kier molecular flexibility index (Phi) is 4.75. The molecule has 1 N–H and O–H groups in total. The van der Waals surface area contributed by atoms with Crippen LogP contribution in [-0.2, 0) is 11.3 Å². The monoisotopic (exact) mass is 393 g/mol. The molecule has 1 aromatic heterocycles. The molecular formula is C22H16ClNO4. The molecule has 28 heavy (non-hydrogen) atoms. The topological polar surface area (TPSA) is 68.5 Å². The molecule has 0 aliphatic rings. The van der Waals surface area contributed by atoms with Gasteiger partial charge in [-0.2, -0.15) is 0 Å². The van der Waals surface area contributed by atoms with Crippen LogP contribution in [0.15, 0.2) is 60.7 Å². The Morgan fingerprint density at radius 2 is 1.71 bits per heavy atom. The van der Waals surface area contributed by atoms with E-state index >= 15 is 0 Å². The number of nitrogens with zero attached hydrogens (tertiary/aromatic N) is 1. The molecule has 6 heteroatoms. The van der Waals surface area contributed by atoms with Gasteiger partial charge in [0.05, 0.1) is 16.4 Å². The highest BCUT2D eigenvalue weighted by Crippen LogP contribution is 2.38. The lowest BCUT2D eigenvalue weighted by molar-refractivity contribution is -0.139. The third kappa shape index (κ3) is 3.10. The Morgan fingerprint density at radius 3 is 2.43 bits per heavy atom. The van der Waals surface area contributed by atoms with Crippen molar-refractivity contribution in [3.63, 3.8) is 0 Å². The van der Waals surface area contributed by atoms with E-state index in [9.17, 15) is 9.59 Å². The zero-order valence-corrected chi connectivity index (χ0v) is 15.5. The summed E-state index contributed by atoms with van der Waals surface area (Å²) in [6.45, 7) is 0.0456. The fourth-order valence-corrected chi connectivity index (χ4v) is 3.70. The molecule has 140 valence electrons. The molecule has 0 aliphatic heterocycles. The SMILES string of the molecule is O=Cc1cccc2c1c1c(OCC(=O)O)cccc1n2Cc1ccccc1Cl. The number of carboxylic acids is 1. The number of fused-ring (bicyclic) bond motifs is 3. The predicted molar refractivity (Wildman–Crippen MR) is 109 cm³/mol. The number of ether oxygens (including phenoxy) is 1. The molecule has 4 aromatic rings. The number of carbonyl (C=O) groups excluding carboxylic acids is 1. The summed E-state index contributed by atoms with van der Waals surface area (Å²) < 4.78 is 7.58. The Labute approximate surface area is 165 Å². The fourth-order valence-electron chi connectivity index (χ4n) is 3.51. The summed E-state index contributed by atoms with van der Waals surface area (Å²) in [6.07, 6.45) is 0.801. The molecule has 0 bridgehead atoms. The van der Waals surface area contributed by atoms with Gasteiger partial charge in [-0.1, -0.05) is 48.0 Å². The molecule has 1 heterocycles. The van der Waals surface area contributed by atoms with E-state index in [-0.39, 0.29) is 0 Å². The number of hydrogen-bond donors (Lipinski definition) is 1. The maximum Gasteiger partial charge on any atom is 0.341 e. The van der Waals surface area contributed by atoms with Crippen molar-refractivity contribution in [2.24, 2.45) is 0 Å². The van der Waals surface area contributed by atoms with Gasteiger partial charge in [-0.3, -0.25) is 4.79 Å². The third-order valence-corrected chi connectivity index (χ3v) is 5.04. The Balaban J connectivity index is 2.01. The lowest BCUT2D eigenvalue weighted by Gasteiger charge is -2.10. The average Bonchev–Trinajstić information content (AvgIpc) is 3.02. The average molecular weight is 394 g/mol. The first kappa shape index (κ1) is 18.1. The highest BCUT2D eigenvalue weighted by molar-refractivity contribution is 6.31. The Morgan fingerprint density at radius 1 is 1.00 bits per heavy atom. The molecule has 0 saturated carbocycles. The molecule has 0 aliphatic carbocycles. The van der Waals surface area contributed by atoms with Crippen LogP contribution in [0.4, 0.5) is 0 Å². The van der Waals surface area contributed by atoms with Gasteiger partial charge in [-0.15, -0.1) is 0 Å². The highest BCUT2D eigenvalue weighted by atomic mass is 35.5. The van der Waals surface area contributed by atoms with Gasteiger partial charge in [0.15, 0.2) is 12.9 Å². The Bertz CT molecular complexity index is 1210. The van der Waals surface area contributed by atoms with Gasteiger partial charge < -0.3 is 14.4 Å². The van der Waals surface area contributed by atoms with Crippen molar-refractivity contribution in [3.8, 4) is 5.75 Å². The smallest absolute Gasteiger partial charge is 0.341 e. The molecule has 0 unspecified atom stereocenters. The summed E-state index contributed by atoms with van der Waals surface area (Å²) in [6, 6.07) is 18.5. The van der Waals surface area contributed by atoms with E-state index < -0.39 is 12.6 Å². The molecule has 0 spiro atoms. The van der Waals surface area contributed by atoms with Gasteiger partial charge in [-0.05, 0) is 29.8 Å². The van der Waals surface area contributed by atoms with Crippen LogP contribution in [0.3, 0.4) is 0 Å². The number of aldehydes is 1. The van der Waals surface area contributed by atoms with E-state index in [2.05, 4.69) is 4.57 Å². The van der Waals surface area contributed by atoms with E-state index in [4.69, 9.17) is 21.4 Å². The minimum Gasteiger partial charge on any atom is -0.481 e. The fraction of sp³-hybridized carbons (Fsp3) is 0.0909. The van der Waals surface area contributed by atoms with Crippen LogP contribution in [0, 0.1) is 0 Å². The number of benzene rings is 3. The summed E-state index contributed by atoms with van der Waals surface area (Å²) in [5, 5.41) is 11.1. The van der Waals surface area contributed by atoms with Crippen LogP contribution in [0.5, 0.6) is 5.75 Å². The van der Waals surface area contributed by atoms with Crippen molar-refractivity contribution in [3.05, 3.63) is 76.8 Å². The zero-order chi connectivity index (χ0) is 19.7. The van der Waals surface area contributed by atoms with E-state index in [0.29, 0.717) is 28.3 Å². The van der Waals surface area contributed by atoms with Crippen LogP contribution < -0.4 is 4.74 Å². The first-order chi connectivity index (χ1) is 13.6. The largest absolute Gasteiger partial charge is 0.481 e. The number of aromatic nitrogens is 1. The van der Waals surface area contributed by atoms with Crippen molar-refractivity contribution < 1.29 is 19.4 Å². The summed E-state index contributed by atoms with van der Waals surface area (Å²) in [5.74, 6) is -0.635. The number of carboxylic acid groups (broad SMARTS) is 1. The lowest BCUT2D eigenvalue weighted by atomic mass is 10.1. The van der Waals surface area contributed by atoms with Crippen LogP contribution >= 0.6 is 11.6 Å². The highest BCUT2D eigenvalue weighted by Gasteiger charge is 2.18. The molecule has 0 radical (unpaired) electrons. The van der Waals surface area contributed by atoms with Gasteiger partial charge in [0.2, 0.25) is 0 Å². The minimum absolute atomic E-state index is 0.428. The molecule has 3 aromatic carbocycles. The van der Waals surface area contributed by atoms with Crippen molar-refractivity contribution in [2.45, 2.75) is 6.54 Å². The van der Waals surface area contributed by atoms with Gasteiger partial charge in [0.25, 0.3) is 0 Å². The van der Waals surface area contributed by atoms with Crippen LogP contribution in [0.1, 0.15) is 15.9 Å². The first-order valence-electron chi connectivity index (χ1n) is 8.67. The third-order valence-electron chi connectivity index (χ3n) is 4.67. The van der Waals surface area contributed by atoms with Crippen LogP contribution in [0.2, 0.25) is 5.02 Å². The molecule has 0 amide bonds. The van der Waals surface area contributed by atoms with E-state index in [1.807, 2.05) is 48.5 Å². The van der Waals surface area contributed by atoms with Crippen molar-refractivity contribution in [1.29, 1.82) is 0 Å². The molecular weight excluding hydrogens is 378 g/mol. The van der Waals surface area contributed by atoms with Gasteiger partial charge >= 0.3 is 5.97 Å². The molecule has 0 saturated heterocycles. The van der Waals surface area contributed by atoms with E-state index in [0.717, 1.165) is 28.3 Å². The number of halogens is 1. The second kappa shape index (κ2) is 7.37. The van der Waals surface area contributed by atoms with Crippen LogP contribution in [0.25, 0.3) is 21.8 Å². The number of rotatable bonds is 6. The summed E-state index contributed by atoms with van der Waals surface area (Å²) in [4.78, 5) is 22.7. The van der Waals surface area contributed by atoms with Gasteiger partial charge in [0, 0.05) is 22.5 Å². The maximum atomic E-state index is 11.7. The normalized spacial score (nSPS) is 11.0. The first-order valence-corrected chi connectivity index (χ1v) is 9.05. The standard InChI is InChI=1S/C22H16ClNO4/c23-16-7-2-1-5-14(16)11-24-17-8-3-6-15(12-25)21(17)22-18(24)9-4-10-19(22)28-13-20(26)27/h1-10,12H,11,13H2,(H,26,27). The molecule has 0 fully saturated rings. The summed E-state index contributed by atoms with van der Waals surface area (Å²) >= 11 is 6.36. The van der Waals surface area contributed by atoms with Crippen molar-refractivity contribution >= 4 is 45.7 Å². The summed E-state index contributed by atoms with van der Waals surface area (Å²) in [7, 11) is 0. The Hall–Kier alpha value is -3.31. The van der Waals surface area contributed by atoms with Crippen LogP contribution in [-0.4, -0.2) is 28.5 Å². The molecule has 5 nitrogen and oxygen atoms in total.